The van der Waals surface area contributed by atoms with Gasteiger partial charge in [0.05, 0.1) is 37.1 Å². The Balaban J connectivity index is 2.00. The Morgan fingerprint density at radius 3 is 2.93 bits per heavy atom. The van der Waals surface area contributed by atoms with Gasteiger partial charge in [-0.25, -0.2) is 13.8 Å². The monoisotopic (exact) mass is 397 g/mol. The van der Waals surface area contributed by atoms with E-state index in [9.17, 15) is 13.6 Å². The minimum absolute atomic E-state index is 0.0164. The second kappa shape index (κ2) is 10.6. The second-order valence-electron chi connectivity index (χ2n) is 5.47. The van der Waals surface area contributed by atoms with Crippen LogP contribution in [0.1, 0.15) is 37.9 Å². The largest absolute Gasteiger partial charge is 0.490 e. The summed E-state index contributed by atoms with van der Waals surface area (Å²) in [6.45, 7) is 4.38. The number of nitrogens with one attached hydrogen (secondary N) is 1. The molecule has 0 aliphatic carbocycles. The molecule has 2 rings (SSSR count). The molecule has 0 atom stereocenters. The first-order valence-electron chi connectivity index (χ1n) is 8.55. The van der Waals surface area contributed by atoms with Crippen LogP contribution in [0.25, 0.3) is 0 Å². The summed E-state index contributed by atoms with van der Waals surface area (Å²) in [5.74, 6) is -1.94. The molecule has 0 amide bonds. The van der Waals surface area contributed by atoms with Gasteiger partial charge in [-0.15, -0.1) is 11.3 Å². The molecule has 6 nitrogen and oxygen atoms in total. The van der Waals surface area contributed by atoms with Crippen molar-refractivity contribution >= 4 is 28.7 Å². The van der Waals surface area contributed by atoms with Crippen LogP contribution in [-0.2, 0) is 16.0 Å². The normalized spacial score (nSPS) is 11.0. The average Bonchev–Trinajstić information content (AvgIpc) is 3.07. The Morgan fingerprint density at radius 2 is 2.19 bits per heavy atom. The lowest BCUT2D eigenvalue weighted by molar-refractivity contribution is -0.142. The van der Waals surface area contributed by atoms with Crippen molar-refractivity contribution in [2.75, 3.05) is 18.6 Å². The number of thiazole rings is 1. The number of nitrogens with zero attached hydrogens (tertiary/aromatic N) is 2. The first-order valence-corrected chi connectivity index (χ1v) is 9.43. The highest BCUT2D eigenvalue weighted by atomic mass is 32.1. The quantitative estimate of drug-likeness (QED) is 0.282. The third-order valence-electron chi connectivity index (χ3n) is 3.38. The lowest BCUT2D eigenvalue weighted by Gasteiger charge is -2.08. The van der Waals surface area contributed by atoms with Gasteiger partial charge in [-0.1, -0.05) is 13.3 Å². The molecule has 0 spiro atoms. The summed E-state index contributed by atoms with van der Waals surface area (Å²) in [6.07, 6.45) is 2.77. The fourth-order valence-corrected chi connectivity index (χ4v) is 2.72. The topological polar surface area (TPSA) is 72.8 Å². The number of rotatable bonds is 10. The average molecular weight is 397 g/mol. The smallest absolute Gasteiger partial charge is 0.311 e. The van der Waals surface area contributed by atoms with Crippen molar-refractivity contribution in [2.24, 2.45) is 5.10 Å². The molecule has 0 unspecified atom stereocenters. The van der Waals surface area contributed by atoms with E-state index in [4.69, 9.17) is 9.47 Å². The number of carbonyl (C=O) groups excluding carboxylic acids is 1. The summed E-state index contributed by atoms with van der Waals surface area (Å²) in [4.78, 5) is 15.6. The zero-order chi connectivity index (χ0) is 19.6. The zero-order valence-electron chi connectivity index (χ0n) is 15.1. The number of esters is 1. The number of ether oxygens (including phenoxy) is 2. The molecule has 2 aromatic rings. The van der Waals surface area contributed by atoms with E-state index in [0.29, 0.717) is 24.0 Å². The number of halogens is 2. The van der Waals surface area contributed by atoms with Crippen molar-refractivity contribution in [3.8, 4) is 5.75 Å². The maximum absolute atomic E-state index is 14.4. The molecule has 0 aliphatic heterocycles. The van der Waals surface area contributed by atoms with Gasteiger partial charge in [-0.05, 0) is 25.5 Å². The molecule has 1 aromatic carbocycles. The number of aromatic nitrogens is 1. The molecule has 1 heterocycles. The van der Waals surface area contributed by atoms with Crippen LogP contribution in [0.5, 0.6) is 5.75 Å². The number of unbranched alkanes of at least 4 members (excludes halogenated alkanes) is 1. The number of hydrogen-bond donors (Lipinski definition) is 1. The van der Waals surface area contributed by atoms with E-state index in [1.54, 1.807) is 12.3 Å². The van der Waals surface area contributed by atoms with Crippen LogP contribution >= 0.6 is 11.3 Å². The first kappa shape index (κ1) is 20.8. The number of anilines is 1. The van der Waals surface area contributed by atoms with Crippen molar-refractivity contribution in [3.63, 3.8) is 0 Å². The lowest BCUT2D eigenvalue weighted by Crippen LogP contribution is -2.07. The van der Waals surface area contributed by atoms with E-state index in [0.717, 1.165) is 25.1 Å². The highest BCUT2D eigenvalue weighted by Crippen LogP contribution is 2.23. The summed E-state index contributed by atoms with van der Waals surface area (Å²) < 4.78 is 38.4. The number of hydrazone groups is 1. The van der Waals surface area contributed by atoms with E-state index < -0.39 is 11.6 Å². The summed E-state index contributed by atoms with van der Waals surface area (Å²) in [5, 5.41) is 5.89. The van der Waals surface area contributed by atoms with Gasteiger partial charge in [0.1, 0.15) is 5.82 Å². The van der Waals surface area contributed by atoms with Gasteiger partial charge in [0.2, 0.25) is 5.13 Å². The predicted molar refractivity (Wildman–Crippen MR) is 100 cm³/mol. The van der Waals surface area contributed by atoms with Crippen LogP contribution in [0.15, 0.2) is 22.6 Å². The summed E-state index contributed by atoms with van der Waals surface area (Å²) in [6, 6.07) is 2.39. The van der Waals surface area contributed by atoms with E-state index in [-0.39, 0.29) is 23.7 Å². The third-order valence-corrected chi connectivity index (χ3v) is 4.18. The van der Waals surface area contributed by atoms with E-state index in [1.165, 1.54) is 17.4 Å². The van der Waals surface area contributed by atoms with Crippen molar-refractivity contribution in [1.29, 1.82) is 0 Å². The Hall–Kier alpha value is -2.55. The Morgan fingerprint density at radius 1 is 1.37 bits per heavy atom. The van der Waals surface area contributed by atoms with Gasteiger partial charge in [-0.2, -0.15) is 5.10 Å². The van der Waals surface area contributed by atoms with Gasteiger partial charge in [0.15, 0.2) is 11.6 Å². The molecule has 0 saturated heterocycles. The van der Waals surface area contributed by atoms with Gasteiger partial charge >= 0.3 is 5.97 Å². The van der Waals surface area contributed by atoms with Crippen molar-refractivity contribution in [3.05, 3.63) is 40.4 Å². The minimum atomic E-state index is -0.807. The predicted octanol–water partition coefficient (Wildman–Crippen LogP) is 4.15. The number of hydrogen-bond acceptors (Lipinski definition) is 7. The molecule has 1 N–H and O–H groups in total. The molecule has 0 radical (unpaired) electrons. The molecule has 27 heavy (non-hydrogen) atoms. The third kappa shape index (κ3) is 6.28. The maximum atomic E-state index is 14.4. The standard InChI is InChI=1S/C18H21F2N3O3S/c1-3-5-8-26-15-7-6-14(19)13(17(15)20)10-21-23-18-22-12(11-27-18)9-16(24)25-4-2/h6-7,10-11H,3-5,8-9H2,1-2H3,(H,22,23). The van der Waals surface area contributed by atoms with Gasteiger partial charge < -0.3 is 9.47 Å². The Bertz CT molecular complexity index is 796. The summed E-state index contributed by atoms with van der Waals surface area (Å²) >= 11 is 1.21. The Labute approximate surface area is 160 Å². The zero-order valence-corrected chi connectivity index (χ0v) is 15.9. The number of benzene rings is 1. The highest BCUT2D eigenvalue weighted by molar-refractivity contribution is 7.13. The molecule has 0 fully saturated rings. The Kier molecular flexibility index (Phi) is 8.12. The SMILES string of the molecule is CCCCOc1ccc(F)c(C=NNc2nc(CC(=O)OCC)cs2)c1F. The summed E-state index contributed by atoms with van der Waals surface area (Å²) in [5.41, 5.74) is 2.82. The molecule has 146 valence electrons. The number of carbonyl (C=O) groups is 1. The minimum Gasteiger partial charge on any atom is -0.490 e. The van der Waals surface area contributed by atoms with Crippen molar-refractivity contribution in [1.82, 2.24) is 4.98 Å². The highest BCUT2D eigenvalue weighted by Gasteiger charge is 2.13. The first-order chi connectivity index (χ1) is 13.0. The fraction of sp³-hybridized carbons (Fsp3) is 0.389. The molecular formula is C18H21F2N3O3S. The van der Waals surface area contributed by atoms with E-state index >= 15 is 0 Å². The van der Waals surface area contributed by atoms with Gasteiger partial charge in [0, 0.05) is 5.38 Å². The van der Waals surface area contributed by atoms with Crippen LogP contribution in [0.3, 0.4) is 0 Å². The molecule has 0 bridgehead atoms. The van der Waals surface area contributed by atoms with Crippen LogP contribution in [0.2, 0.25) is 0 Å². The van der Waals surface area contributed by atoms with E-state index in [2.05, 4.69) is 15.5 Å². The van der Waals surface area contributed by atoms with E-state index in [1.807, 2.05) is 6.92 Å². The molecule has 0 saturated carbocycles. The maximum Gasteiger partial charge on any atom is 0.311 e. The van der Waals surface area contributed by atoms with Crippen LogP contribution in [-0.4, -0.2) is 30.4 Å². The molecular weight excluding hydrogens is 376 g/mol. The van der Waals surface area contributed by atoms with Crippen LogP contribution in [0, 0.1) is 11.6 Å². The van der Waals surface area contributed by atoms with Crippen molar-refractivity contribution in [2.45, 2.75) is 33.1 Å². The fourth-order valence-electron chi connectivity index (χ4n) is 2.06. The van der Waals surface area contributed by atoms with Gasteiger partial charge in [0.25, 0.3) is 0 Å². The van der Waals surface area contributed by atoms with Crippen molar-refractivity contribution < 1.29 is 23.0 Å². The van der Waals surface area contributed by atoms with Crippen LogP contribution in [0.4, 0.5) is 13.9 Å². The lowest BCUT2D eigenvalue weighted by atomic mass is 10.2. The molecule has 0 aliphatic rings. The molecule has 9 heteroatoms. The van der Waals surface area contributed by atoms with Crippen LogP contribution < -0.4 is 10.2 Å². The van der Waals surface area contributed by atoms with Gasteiger partial charge in [-0.3, -0.25) is 10.2 Å². The second-order valence-corrected chi connectivity index (χ2v) is 6.33. The molecule has 1 aromatic heterocycles. The summed E-state index contributed by atoms with van der Waals surface area (Å²) in [7, 11) is 0.